The van der Waals surface area contributed by atoms with Gasteiger partial charge in [0.1, 0.15) is 0 Å². The van der Waals surface area contributed by atoms with Crippen LogP contribution in [0.2, 0.25) is 0 Å². The topological polar surface area (TPSA) is 17.1 Å². The Morgan fingerprint density at radius 1 is 1.40 bits per heavy atom. The van der Waals surface area contributed by atoms with E-state index in [1.54, 1.807) is 0 Å². The molecule has 0 fully saturated rings. The van der Waals surface area contributed by atoms with Crippen LogP contribution in [-0.2, 0) is 6.42 Å². The molecule has 0 radical (unpaired) electrons. The Morgan fingerprint density at radius 2 is 2.20 bits per heavy atom. The van der Waals surface area contributed by atoms with Crippen molar-refractivity contribution in [3.63, 3.8) is 0 Å². The van der Waals surface area contributed by atoms with Gasteiger partial charge in [-0.25, -0.2) is 0 Å². The zero-order chi connectivity index (χ0) is 10.7. The zero-order valence-corrected chi connectivity index (χ0v) is 9.07. The van der Waals surface area contributed by atoms with Gasteiger partial charge in [0.2, 0.25) is 0 Å². The molecule has 1 aromatic carbocycles. The summed E-state index contributed by atoms with van der Waals surface area (Å²) in [6, 6.07) is 7.99. The second-order valence-electron chi connectivity index (χ2n) is 4.06. The molecular formula is C14H16O. The number of hydrogen-bond acceptors (Lipinski definition) is 1. The van der Waals surface area contributed by atoms with Gasteiger partial charge >= 0.3 is 0 Å². The number of Topliss-reactive ketones (excluding diaryl/α,β-unsaturated/α-hetero) is 1. The standard InChI is InChI=1S/C14H16O/c1-2-3-6-12-10-9-11-7-4-5-8-13(11)14(12)15/h2-5,7-8,12H,6,9-10H2,1H3/b3-2+. The SMILES string of the molecule is C/C=C/CC1CCc2ccccc2C1=O. The van der Waals surface area contributed by atoms with Crippen molar-refractivity contribution >= 4 is 5.78 Å². The first kappa shape index (κ1) is 10.2. The molecule has 1 aliphatic rings. The fourth-order valence-corrected chi connectivity index (χ4v) is 2.18. The highest BCUT2D eigenvalue weighted by molar-refractivity contribution is 6.00. The Labute approximate surface area is 90.8 Å². The monoisotopic (exact) mass is 200 g/mol. The number of fused-ring (bicyclic) bond motifs is 1. The van der Waals surface area contributed by atoms with E-state index in [9.17, 15) is 4.79 Å². The van der Waals surface area contributed by atoms with Crippen LogP contribution < -0.4 is 0 Å². The first-order valence-electron chi connectivity index (χ1n) is 5.56. The molecule has 1 unspecified atom stereocenters. The second kappa shape index (κ2) is 4.43. The predicted octanol–water partition coefficient (Wildman–Crippen LogP) is 3.40. The summed E-state index contributed by atoms with van der Waals surface area (Å²) in [4.78, 5) is 12.1. The van der Waals surface area contributed by atoms with Gasteiger partial charge in [-0.05, 0) is 31.7 Å². The summed E-state index contributed by atoms with van der Waals surface area (Å²) in [6.45, 7) is 2.00. The normalized spacial score (nSPS) is 20.6. The minimum absolute atomic E-state index is 0.205. The lowest BCUT2D eigenvalue weighted by atomic mass is 9.81. The minimum Gasteiger partial charge on any atom is -0.294 e. The van der Waals surface area contributed by atoms with Gasteiger partial charge in [0, 0.05) is 11.5 Å². The van der Waals surface area contributed by atoms with Crippen molar-refractivity contribution in [1.82, 2.24) is 0 Å². The lowest BCUT2D eigenvalue weighted by molar-refractivity contribution is 0.0903. The third-order valence-electron chi connectivity index (χ3n) is 3.07. The highest BCUT2D eigenvalue weighted by atomic mass is 16.1. The van der Waals surface area contributed by atoms with E-state index < -0.39 is 0 Å². The number of ketones is 1. The first-order valence-corrected chi connectivity index (χ1v) is 5.56. The van der Waals surface area contributed by atoms with Crippen LogP contribution in [0.4, 0.5) is 0 Å². The van der Waals surface area contributed by atoms with Gasteiger partial charge in [-0.1, -0.05) is 36.4 Å². The summed E-state index contributed by atoms with van der Waals surface area (Å²) >= 11 is 0. The lowest BCUT2D eigenvalue weighted by Crippen LogP contribution is -2.21. The molecule has 1 aliphatic carbocycles. The highest BCUT2D eigenvalue weighted by Gasteiger charge is 2.25. The lowest BCUT2D eigenvalue weighted by Gasteiger charge is -2.22. The number of benzene rings is 1. The predicted molar refractivity (Wildman–Crippen MR) is 62.0 cm³/mol. The summed E-state index contributed by atoms with van der Waals surface area (Å²) < 4.78 is 0. The van der Waals surface area contributed by atoms with Crippen LogP contribution in [0.1, 0.15) is 35.7 Å². The van der Waals surface area contributed by atoms with E-state index in [-0.39, 0.29) is 5.92 Å². The molecule has 1 heteroatoms. The molecule has 0 bridgehead atoms. The fourth-order valence-electron chi connectivity index (χ4n) is 2.18. The second-order valence-corrected chi connectivity index (χ2v) is 4.06. The van der Waals surface area contributed by atoms with Crippen LogP contribution in [0.25, 0.3) is 0 Å². The van der Waals surface area contributed by atoms with E-state index >= 15 is 0 Å². The third-order valence-corrected chi connectivity index (χ3v) is 3.07. The molecule has 1 aromatic rings. The molecule has 2 rings (SSSR count). The van der Waals surface area contributed by atoms with Gasteiger partial charge in [-0.15, -0.1) is 0 Å². The quantitative estimate of drug-likeness (QED) is 0.669. The number of allylic oxidation sites excluding steroid dienone is 2. The Morgan fingerprint density at radius 3 is 3.00 bits per heavy atom. The van der Waals surface area contributed by atoms with Crippen molar-refractivity contribution in [2.24, 2.45) is 5.92 Å². The molecule has 0 spiro atoms. The zero-order valence-electron chi connectivity index (χ0n) is 9.07. The van der Waals surface area contributed by atoms with Gasteiger partial charge in [0.25, 0.3) is 0 Å². The van der Waals surface area contributed by atoms with Crippen LogP contribution in [0.5, 0.6) is 0 Å². The molecule has 0 heterocycles. The van der Waals surface area contributed by atoms with E-state index in [1.807, 2.05) is 31.2 Å². The van der Waals surface area contributed by atoms with Crippen LogP contribution in [0, 0.1) is 5.92 Å². The number of hydrogen-bond donors (Lipinski definition) is 0. The minimum atomic E-state index is 0.205. The van der Waals surface area contributed by atoms with Crippen molar-refractivity contribution in [3.05, 3.63) is 47.5 Å². The molecule has 0 N–H and O–H groups in total. The Bertz CT molecular complexity index is 390. The Hall–Kier alpha value is -1.37. The van der Waals surface area contributed by atoms with Gasteiger partial charge in [-0.3, -0.25) is 4.79 Å². The Kier molecular flexibility index (Phi) is 3.00. The maximum Gasteiger partial charge on any atom is 0.166 e. The van der Waals surface area contributed by atoms with Crippen LogP contribution in [0.15, 0.2) is 36.4 Å². The molecule has 0 aromatic heterocycles. The first-order chi connectivity index (χ1) is 7.33. The Balaban J connectivity index is 2.22. The average Bonchev–Trinajstić information content (AvgIpc) is 2.29. The van der Waals surface area contributed by atoms with Gasteiger partial charge in [0.15, 0.2) is 5.78 Å². The average molecular weight is 200 g/mol. The van der Waals surface area contributed by atoms with Gasteiger partial charge in [0.05, 0.1) is 0 Å². The third kappa shape index (κ3) is 2.01. The molecule has 78 valence electrons. The van der Waals surface area contributed by atoms with Crippen LogP contribution >= 0.6 is 0 Å². The van der Waals surface area contributed by atoms with Gasteiger partial charge in [-0.2, -0.15) is 0 Å². The van der Waals surface area contributed by atoms with Crippen LogP contribution in [0.3, 0.4) is 0 Å². The molecule has 1 atom stereocenters. The number of carbonyl (C=O) groups is 1. The van der Waals surface area contributed by atoms with Crippen molar-refractivity contribution in [2.75, 3.05) is 0 Å². The van der Waals surface area contributed by atoms with Crippen molar-refractivity contribution in [3.8, 4) is 0 Å². The summed E-state index contributed by atoms with van der Waals surface area (Å²) in [5, 5.41) is 0. The highest BCUT2D eigenvalue weighted by Crippen LogP contribution is 2.27. The van der Waals surface area contributed by atoms with E-state index in [4.69, 9.17) is 0 Å². The maximum absolute atomic E-state index is 12.1. The van der Waals surface area contributed by atoms with Crippen molar-refractivity contribution in [2.45, 2.75) is 26.2 Å². The van der Waals surface area contributed by atoms with Gasteiger partial charge < -0.3 is 0 Å². The van der Waals surface area contributed by atoms with E-state index in [0.29, 0.717) is 5.78 Å². The van der Waals surface area contributed by atoms with E-state index in [0.717, 1.165) is 24.8 Å². The smallest absolute Gasteiger partial charge is 0.166 e. The summed E-state index contributed by atoms with van der Waals surface area (Å²) in [5.41, 5.74) is 2.16. The molecule has 15 heavy (non-hydrogen) atoms. The largest absolute Gasteiger partial charge is 0.294 e. The number of rotatable bonds is 2. The van der Waals surface area contributed by atoms with Crippen LogP contribution in [-0.4, -0.2) is 5.78 Å². The van der Waals surface area contributed by atoms with Crippen molar-refractivity contribution in [1.29, 1.82) is 0 Å². The van der Waals surface area contributed by atoms with E-state index in [1.165, 1.54) is 5.56 Å². The molecule has 0 saturated carbocycles. The summed E-state index contributed by atoms with van der Waals surface area (Å²) in [7, 11) is 0. The molecule has 1 nitrogen and oxygen atoms in total. The molecule has 0 amide bonds. The maximum atomic E-state index is 12.1. The van der Waals surface area contributed by atoms with E-state index in [2.05, 4.69) is 12.1 Å². The van der Waals surface area contributed by atoms with Crippen molar-refractivity contribution < 1.29 is 4.79 Å². The fraction of sp³-hybridized carbons (Fsp3) is 0.357. The number of carbonyl (C=O) groups excluding carboxylic acids is 1. The number of aryl methyl sites for hydroxylation is 1. The molecule has 0 saturated heterocycles. The molecule has 0 aliphatic heterocycles. The molecular weight excluding hydrogens is 184 g/mol. The summed E-state index contributed by atoms with van der Waals surface area (Å²) in [5.74, 6) is 0.533. The summed E-state index contributed by atoms with van der Waals surface area (Å²) in [6.07, 6.45) is 7.05.